The van der Waals surface area contributed by atoms with Crippen LogP contribution in [0.3, 0.4) is 0 Å². The van der Waals surface area contributed by atoms with Crippen LogP contribution in [0.5, 0.6) is 11.5 Å². The lowest BCUT2D eigenvalue weighted by Gasteiger charge is -2.19. The van der Waals surface area contributed by atoms with Gasteiger partial charge in [-0.15, -0.1) is 0 Å². The maximum atomic E-state index is 13.2. The SMILES string of the molecule is COC(=O)CN1C(=S)N(c2ccc(OC)cc2)C(=O)/C1=C/c1cc(Cl)c(O)c(Cl)c1. The highest BCUT2D eigenvalue weighted by atomic mass is 35.5. The van der Waals surface area contributed by atoms with E-state index in [9.17, 15) is 14.7 Å². The van der Waals surface area contributed by atoms with Crippen molar-refractivity contribution in [2.45, 2.75) is 0 Å². The molecule has 0 radical (unpaired) electrons. The molecule has 7 nitrogen and oxygen atoms in total. The standard InChI is InChI=1S/C20H16Cl2N2O5S/c1-28-13-5-3-12(4-6-13)24-19(27)16(23(20(24)30)10-17(25)29-2)9-11-7-14(21)18(26)15(22)8-11/h3-9,26H,10H2,1-2H3/b16-9-. The van der Waals surface area contributed by atoms with Gasteiger partial charge in [-0.05, 0) is 60.3 Å². The predicted molar refractivity (Wildman–Crippen MR) is 118 cm³/mol. The van der Waals surface area contributed by atoms with Crippen LogP contribution in [0.15, 0.2) is 42.1 Å². The number of aromatic hydroxyl groups is 1. The summed E-state index contributed by atoms with van der Waals surface area (Å²) in [5.41, 5.74) is 1.07. The van der Waals surface area contributed by atoms with E-state index >= 15 is 0 Å². The summed E-state index contributed by atoms with van der Waals surface area (Å²) in [6.07, 6.45) is 1.48. The van der Waals surface area contributed by atoms with Crippen LogP contribution in [0, 0.1) is 0 Å². The van der Waals surface area contributed by atoms with Crippen LogP contribution in [0.2, 0.25) is 10.0 Å². The summed E-state index contributed by atoms with van der Waals surface area (Å²) in [7, 11) is 2.78. The van der Waals surface area contributed by atoms with Gasteiger partial charge in [0.05, 0.1) is 30.0 Å². The lowest BCUT2D eigenvalue weighted by Crippen LogP contribution is -2.35. The Morgan fingerprint density at radius 1 is 1.17 bits per heavy atom. The Kier molecular flexibility index (Phi) is 6.50. The smallest absolute Gasteiger partial charge is 0.325 e. The molecule has 1 N–H and O–H groups in total. The molecule has 3 rings (SSSR count). The largest absolute Gasteiger partial charge is 0.505 e. The number of hydrogen-bond donors (Lipinski definition) is 1. The molecule has 2 aromatic carbocycles. The average Bonchev–Trinajstić information content (AvgIpc) is 2.95. The minimum atomic E-state index is -0.575. The Labute approximate surface area is 188 Å². The van der Waals surface area contributed by atoms with Crippen LogP contribution in [0.4, 0.5) is 5.69 Å². The summed E-state index contributed by atoms with van der Waals surface area (Å²) in [5, 5.41) is 9.91. The zero-order valence-corrected chi connectivity index (χ0v) is 18.2. The Morgan fingerprint density at radius 3 is 2.30 bits per heavy atom. The molecule has 10 heteroatoms. The fraction of sp³-hybridized carbons (Fsp3) is 0.150. The third kappa shape index (κ3) is 4.21. The molecule has 0 aromatic heterocycles. The summed E-state index contributed by atoms with van der Waals surface area (Å²) in [4.78, 5) is 27.8. The second-order valence-corrected chi connectivity index (χ2v) is 7.33. The number of ether oxygens (including phenoxy) is 2. The van der Waals surface area contributed by atoms with Crippen molar-refractivity contribution >= 4 is 64.2 Å². The van der Waals surface area contributed by atoms with Gasteiger partial charge in [-0.25, -0.2) is 0 Å². The maximum absolute atomic E-state index is 13.2. The van der Waals surface area contributed by atoms with Crippen LogP contribution in [-0.2, 0) is 14.3 Å². The second-order valence-electron chi connectivity index (χ2n) is 6.15. The topological polar surface area (TPSA) is 79.3 Å². The third-order valence-corrected chi connectivity index (χ3v) is 5.30. The Balaban J connectivity index is 2.07. The van der Waals surface area contributed by atoms with E-state index in [-0.39, 0.29) is 33.1 Å². The highest BCUT2D eigenvalue weighted by Gasteiger charge is 2.40. The van der Waals surface area contributed by atoms with Gasteiger partial charge in [0, 0.05) is 0 Å². The van der Waals surface area contributed by atoms with E-state index in [4.69, 9.17) is 44.9 Å². The summed E-state index contributed by atoms with van der Waals surface area (Å²) >= 11 is 17.4. The second kappa shape index (κ2) is 8.91. The number of nitrogens with zero attached hydrogens (tertiary/aromatic N) is 2. The molecule has 1 aliphatic rings. The van der Waals surface area contributed by atoms with Crippen LogP contribution in [0.1, 0.15) is 5.56 Å². The summed E-state index contributed by atoms with van der Waals surface area (Å²) < 4.78 is 9.87. The highest BCUT2D eigenvalue weighted by Crippen LogP contribution is 2.35. The fourth-order valence-electron chi connectivity index (χ4n) is 2.81. The molecule has 1 amide bonds. The van der Waals surface area contributed by atoms with E-state index in [1.807, 2.05) is 0 Å². The molecule has 2 aromatic rings. The number of benzene rings is 2. The highest BCUT2D eigenvalue weighted by molar-refractivity contribution is 7.80. The molecule has 156 valence electrons. The van der Waals surface area contributed by atoms with Gasteiger partial charge in [-0.1, -0.05) is 23.2 Å². The summed E-state index contributed by atoms with van der Waals surface area (Å²) in [6.45, 7) is -0.265. The zero-order valence-electron chi connectivity index (χ0n) is 15.9. The van der Waals surface area contributed by atoms with Gasteiger partial charge in [0.2, 0.25) is 0 Å². The molecule has 30 heavy (non-hydrogen) atoms. The number of amides is 1. The van der Waals surface area contributed by atoms with Crippen molar-refractivity contribution in [1.29, 1.82) is 0 Å². The van der Waals surface area contributed by atoms with Gasteiger partial charge in [0.1, 0.15) is 18.0 Å². The Bertz CT molecular complexity index is 1030. The van der Waals surface area contributed by atoms with E-state index in [1.165, 1.54) is 42.2 Å². The van der Waals surface area contributed by atoms with Crippen LogP contribution < -0.4 is 9.64 Å². The number of esters is 1. The van der Waals surface area contributed by atoms with Crippen molar-refractivity contribution in [3.8, 4) is 11.5 Å². The predicted octanol–water partition coefficient (Wildman–Crippen LogP) is 3.86. The summed E-state index contributed by atoms with van der Waals surface area (Å²) in [5.74, 6) is -0.671. The number of hydrogen-bond acceptors (Lipinski definition) is 6. The van der Waals surface area contributed by atoms with Crippen molar-refractivity contribution in [3.63, 3.8) is 0 Å². The minimum Gasteiger partial charge on any atom is -0.505 e. The fourth-order valence-corrected chi connectivity index (χ4v) is 3.67. The number of phenolic OH excluding ortho intramolecular Hbond substituents is 1. The average molecular weight is 467 g/mol. The first-order valence-corrected chi connectivity index (χ1v) is 9.69. The molecule has 0 spiro atoms. The van der Waals surface area contributed by atoms with E-state index in [2.05, 4.69) is 0 Å². The van der Waals surface area contributed by atoms with Gasteiger partial charge in [0.25, 0.3) is 5.91 Å². The Hall–Kier alpha value is -2.81. The molecule has 0 aliphatic carbocycles. The Morgan fingerprint density at radius 2 is 1.77 bits per heavy atom. The molecule has 1 fully saturated rings. The number of methoxy groups -OCH3 is 2. The lowest BCUT2D eigenvalue weighted by atomic mass is 10.1. The lowest BCUT2D eigenvalue weighted by molar-refractivity contribution is -0.140. The molecule has 0 bridgehead atoms. The van der Waals surface area contributed by atoms with Gasteiger partial charge >= 0.3 is 5.97 Å². The van der Waals surface area contributed by atoms with Crippen LogP contribution >= 0.6 is 35.4 Å². The molecular formula is C20H16Cl2N2O5S. The van der Waals surface area contributed by atoms with Crippen molar-refractivity contribution in [2.75, 3.05) is 25.7 Å². The van der Waals surface area contributed by atoms with E-state index in [1.54, 1.807) is 24.3 Å². The number of thiocarbonyl (C=S) groups is 1. The maximum Gasteiger partial charge on any atom is 0.325 e. The van der Waals surface area contributed by atoms with Crippen molar-refractivity contribution in [3.05, 3.63) is 57.7 Å². The first-order valence-electron chi connectivity index (χ1n) is 8.53. The van der Waals surface area contributed by atoms with E-state index in [0.29, 0.717) is 17.0 Å². The van der Waals surface area contributed by atoms with Gasteiger partial charge in [-0.3, -0.25) is 14.5 Å². The molecule has 1 saturated heterocycles. The molecule has 0 unspecified atom stereocenters. The quantitative estimate of drug-likeness (QED) is 0.407. The van der Waals surface area contributed by atoms with E-state index < -0.39 is 11.9 Å². The number of carbonyl (C=O) groups excluding carboxylic acids is 2. The molecule has 0 atom stereocenters. The summed E-state index contributed by atoms with van der Waals surface area (Å²) in [6, 6.07) is 9.62. The van der Waals surface area contributed by atoms with Crippen LogP contribution in [-0.4, -0.2) is 47.8 Å². The van der Waals surface area contributed by atoms with Gasteiger partial charge in [-0.2, -0.15) is 0 Å². The van der Waals surface area contributed by atoms with Crippen LogP contribution in [0.25, 0.3) is 6.08 Å². The normalized spacial score (nSPS) is 15.1. The molecule has 0 saturated carbocycles. The van der Waals surface area contributed by atoms with Gasteiger partial charge in [0.15, 0.2) is 10.9 Å². The zero-order chi connectivity index (χ0) is 22.0. The first-order chi connectivity index (χ1) is 14.3. The third-order valence-electron chi connectivity index (χ3n) is 4.32. The number of phenols is 1. The number of rotatable bonds is 5. The number of carbonyl (C=O) groups is 2. The minimum absolute atomic E-state index is 0.0221. The van der Waals surface area contributed by atoms with Crippen molar-refractivity contribution in [2.24, 2.45) is 0 Å². The first kappa shape index (κ1) is 21.9. The molecule has 1 heterocycles. The van der Waals surface area contributed by atoms with Gasteiger partial charge < -0.3 is 19.5 Å². The molecular weight excluding hydrogens is 451 g/mol. The molecule has 1 aliphatic heterocycles. The number of halogens is 2. The van der Waals surface area contributed by atoms with Crippen molar-refractivity contribution < 1.29 is 24.2 Å². The number of anilines is 1. The van der Waals surface area contributed by atoms with E-state index in [0.717, 1.165) is 0 Å². The monoisotopic (exact) mass is 466 g/mol. The van der Waals surface area contributed by atoms with Crippen molar-refractivity contribution in [1.82, 2.24) is 4.90 Å².